The lowest BCUT2D eigenvalue weighted by Crippen LogP contribution is -2.24. The number of hydrogen-bond donors (Lipinski definition) is 2. The Morgan fingerprint density at radius 2 is 1.88 bits per heavy atom. The molecule has 2 rings (SSSR count). The van der Waals surface area contributed by atoms with Gasteiger partial charge in [-0.1, -0.05) is 40.7 Å². The molecule has 0 radical (unpaired) electrons. The van der Waals surface area contributed by atoms with Crippen molar-refractivity contribution < 1.29 is 15.0 Å². The van der Waals surface area contributed by atoms with Crippen LogP contribution in [-0.2, 0) is 10.2 Å². The molecule has 6 heteroatoms. The molecule has 0 spiro atoms. The Labute approximate surface area is 157 Å². The van der Waals surface area contributed by atoms with E-state index in [1.54, 1.807) is 0 Å². The topological polar surface area (TPSA) is 70.4 Å². The molecule has 0 aliphatic carbocycles. The fourth-order valence-electron chi connectivity index (χ4n) is 3.40. The fraction of sp³-hybridized carbons (Fsp3) is 0.526. The maximum absolute atomic E-state index is 11.0. The molecule has 0 amide bonds. The highest BCUT2D eigenvalue weighted by atomic mass is 32.1. The van der Waals surface area contributed by atoms with E-state index in [1.807, 2.05) is 6.07 Å². The first kappa shape index (κ1) is 19.8. The van der Waals surface area contributed by atoms with Crippen LogP contribution in [0.15, 0.2) is 18.2 Å². The number of aliphatic carboxylic acids is 1. The number of hydrogen-bond acceptors (Lipinski definition) is 4. The average molecular weight is 380 g/mol. The maximum atomic E-state index is 11.0. The number of fused-ring (bicyclic) bond motifs is 1. The molecule has 0 bridgehead atoms. The lowest BCUT2D eigenvalue weighted by Gasteiger charge is -2.33. The first-order valence-corrected chi connectivity index (χ1v) is 9.47. The molecule has 0 saturated heterocycles. The van der Waals surface area contributed by atoms with E-state index in [0.29, 0.717) is 5.01 Å². The third-order valence-electron chi connectivity index (χ3n) is 4.13. The second kappa shape index (κ2) is 7.00. The number of carboxylic acid groups (broad SMARTS) is 1. The van der Waals surface area contributed by atoms with Gasteiger partial charge in [-0.15, -0.1) is 11.3 Å². The van der Waals surface area contributed by atoms with E-state index in [4.69, 9.17) is 17.3 Å². The predicted octanol–water partition coefficient (Wildman–Crippen LogP) is 5.45. The van der Waals surface area contributed by atoms with Gasteiger partial charge in [0.25, 0.3) is 0 Å². The summed E-state index contributed by atoms with van der Waals surface area (Å²) in [4.78, 5) is 15.5. The molecular formula is C19H25NO3S2. The number of carbonyl (C=O) groups is 1. The second-order valence-electron chi connectivity index (χ2n) is 8.34. The standard InChI is InChI=1S/C19H25NO3S2/c1-18(2,3)10-19(4,5)11-6-7-13-14(8-11)25-16(20-13)12(17(23)24)9-15(21)22/h6-8,12H,9-10H2,1-5H3,(H,21,22)(H,23,24). The fourth-order valence-corrected chi connectivity index (χ4v) is 4.78. The highest BCUT2D eigenvalue weighted by molar-refractivity contribution is 7.80. The Hall–Kier alpha value is -1.53. The summed E-state index contributed by atoms with van der Waals surface area (Å²) in [6.45, 7) is 11.2. The van der Waals surface area contributed by atoms with Gasteiger partial charge in [-0.2, -0.15) is 0 Å². The number of rotatable bonds is 6. The SMILES string of the molecule is CC(C)(C)CC(C)(C)c1ccc2nc(C(CC(=O)O)C(O)=S)sc2c1. The first-order chi connectivity index (χ1) is 11.4. The van der Waals surface area contributed by atoms with Crippen molar-refractivity contribution in [3.63, 3.8) is 0 Å². The van der Waals surface area contributed by atoms with E-state index < -0.39 is 11.9 Å². The van der Waals surface area contributed by atoms with Gasteiger partial charge in [0, 0.05) is 0 Å². The van der Waals surface area contributed by atoms with Gasteiger partial charge in [-0.3, -0.25) is 4.79 Å². The molecule has 1 aromatic carbocycles. The van der Waals surface area contributed by atoms with Crippen LogP contribution in [0.3, 0.4) is 0 Å². The van der Waals surface area contributed by atoms with Gasteiger partial charge >= 0.3 is 5.97 Å². The van der Waals surface area contributed by atoms with Gasteiger partial charge in [0.15, 0.2) is 5.05 Å². The molecule has 1 aromatic heterocycles. The Bertz CT molecular complexity index is 803. The molecule has 136 valence electrons. The number of aliphatic hydroxyl groups excluding tert-OH is 1. The zero-order chi connectivity index (χ0) is 19.0. The van der Waals surface area contributed by atoms with Gasteiger partial charge in [0.2, 0.25) is 0 Å². The van der Waals surface area contributed by atoms with Crippen molar-refractivity contribution in [3.8, 4) is 0 Å². The van der Waals surface area contributed by atoms with Gasteiger partial charge < -0.3 is 10.2 Å². The van der Waals surface area contributed by atoms with E-state index in [1.165, 1.54) is 16.9 Å². The summed E-state index contributed by atoms with van der Waals surface area (Å²) in [5.41, 5.74) is 2.27. The summed E-state index contributed by atoms with van der Waals surface area (Å²) in [6, 6.07) is 6.18. The van der Waals surface area contributed by atoms with Crippen molar-refractivity contribution in [1.29, 1.82) is 0 Å². The van der Waals surface area contributed by atoms with Crippen molar-refractivity contribution in [2.75, 3.05) is 0 Å². The number of benzene rings is 1. The predicted molar refractivity (Wildman–Crippen MR) is 107 cm³/mol. The number of nitrogens with zero attached hydrogens (tertiary/aromatic N) is 1. The van der Waals surface area contributed by atoms with Crippen LogP contribution in [0.4, 0.5) is 0 Å². The molecule has 2 N–H and O–H groups in total. The van der Waals surface area contributed by atoms with Crippen LogP contribution in [0.1, 0.15) is 63.9 Å². The largest absolute Gasteiger partial charge is 0.501 e. The van der Waals surface area contributed by atoms with E-state index in [9.17, 15) is 9.90 Å². The number of thiocarbonyl (C=S) groups is 1. The summed E-state index contributed by atoms with van der Waals surface area (Å²) in [6.07, 6.45) is 0.789. The van der Waals surface area contributed by atoms with Crippen molar-refractivity contribution in [3.05, 3.63) is 28.8 Å². The summed E-state index contributed by atoms with van der Waals surface area (Å²) in [5, 5.41) is 18.9. The minimum absolute atomic E-state index is 0.0172. The summed E-state index contributed by atoms with van der Waals surface area (Å²) >= 11 is 6.23. The van der Waals surface area contributed by atoms with Crippen LogP contribution in [0, 0.1) is 5.41 Å². The molecule has 1 atom stereocenters. The van der Waals surface area contributed by atoms with Crippen molar-refractivity contribution >= 4 is 44.8 Å². The smallest absolute Gasteiger partial charge is 0.304 e. The summed E-state index contributed by atoms with van der Waals surface area (Å²) < 4.78 is 0.987. The third kappa shape index (κ3) is 4.98. The van der Waals surface area contributed by atoms with Crippen LogP contribution in [0.2, 0.25) is 0 Å². The zero-order valence-electron chi connectivity index (χ0n) is 15.3. The molecule has 1 unspecified atom stereocenters. The maximum Gasteiger partial charge on any atom is 0.304 e. The summed E-state index contributed by atoms with van der Waals surface area (Å²) in [7, 11) is 0. The highest BCUT2D eigenvalue weighted by Gasteiger charge is 2.28. The zero-order valence-corrected chi connectivity index (χ0v) is 16.9. The Morgan fingerprint density at radius 1 is 1.24 bits per heavy atom. The minimum Gasteiger partial charge on any atom is -0.501 e. The van der Waals surface area contributed by atoms with Crippen LogP contribution in [0.25, 0.3) is 10.2 Å². The lowest BCUT2D eigenvalue weighted by molar-refractivity contribution is -0.137. The molecular weight excluding hydrogens is 354 g/mol. The third-order valence-corrected chi connectivity index (χ3v) is 5.55. The van der Waals surface area contributed by atoms with Crippen molar-refractivity contribution in [1.82, 2.24) is 4.98 Å². The van der Waals surface area contributed by atoms with E-state index in [-0.39, 0.29) is 22.3 Å². The van der Waals surface area contributed by atoms with Crippen LogP contribution >= 0.6 is 23.6 Å². The number of thiazole rings is 1. The molecule has 0 fully saturated rings. The van der Waals surface area contributed by atoms with Gasteiger partial charge in [0.05, 0.1) is 22.6 Å². The lowest BCUT2D eigenvalue weighted by atomic mass is 9.72. The van der Waals surface area contributed by atoms with Crippen molar-refractivity contribution in [2.24, 2.45) is 5.41 Å². The summed E-state index contributed by atoms with van der Waals surface area (Å²) in [5.74, 6) is -1.75. The quantitative estimate of drug-likeness (QED) is 0.653. The normalized spacial score (nSPS) is 13.8. The van der Waals surface area contributed by atoms with Gasteiger partial charge in [-0.05, 0) is 47.2 Å². The highest BCUT2D eigenvalue weighted by Crippen LogP contribution is 2.38. The Balaban J connectivity index is 2.41. The molecule has 0 saturated carbocycles. The Morgan fingerprint density at radius 3 is 2.40 bits per heavy atom. The van der Waals surface area contributed by atoms with Crippen LogP contribution < -0.4 is 0 Å². The van der Waals surface area contributed by atoms with Crippen LogP contribution in [0.5, 0.6) is 0 Å². The Kier molecular flexibility index (Phi) is 5.54. The number of aliphatic hydroxyl groups is 1. The molecule has 0 aliphatic heterocycles. The minimum atomic E-state index is -1.01. The first-order valence-electron chi connectivity index (χ1n) is 8.25. The van der Waals surface area contributed by atoms with E-state index >= 15 is 0 Å². The van der Waals surface area contributed by atoms with E-state index in [0.717, 1.165) is 16.6 Å². The molecule has 0 aliphatic rings. The molecule has 4 nitrogen and oxygen atoms in total. The van der Waals surface area contributed by atoms with Crippen molar-refractivity contribution in [2.45, 2.75) is 58.8 Å². The number of carboxylic acids is 1. The van der Waals surface area contributed by atoms with Gasteiger partial charge in [0.1, 0.15) is 5.01 Å². The molecule has 1 heterocycles. The molecule has 25 heavy (non-hydrogen) atoms. The van der Waals surface area contributed by atoms with E-state index in [2.05, 4.69) is 51.7 Å². The monoisotopic (exact) mass is 379 g/mol. The number of aromatic nitrogens is 1. The van der Waals surface area contributed by atoms with Gasteiger partial charge in [-0.25, -0.2) is 4.98 Å². The van der Waals surface area contributed by atoms with Crippen LogP contribution in [-0.4, -0.2) is 26.2 Å². The average Bonchev–Trinajstić information content (AvgIpc) is 2.84. The molecule has 2 aromatic rings. The second-order valence-corrected chi connectivity index (χ2v) is 9.83.